The molecular weight excluding hydrogens is 753 g/mol. The molecule has 0 fully saturated rings. The van der Waals surface area contributed by atoms with Crippen molar-refractivity contribution in [1.29, 1.82) is 0 Å². The van der Waals surface area contributed by atoms with Crippen LogP contribution in [-0.2, 0) is 32.0 Å². The van der Waals surface area contributed by atoms with Gasteiger partial charge in [-0.3, -0.25) is 14.4 Å². The van der Waals surface area contributed by atoms with Crippen LogP contribution in [0.3, 0.4) is 0 Å². The number of fused-ring (bicyclic) bond motifs is 1. The fourth-order valence-electron chi connectivity index (χ4n) is 5.76. The van der Waals surface area contributed by atoms with Crippen LogP contribution in [0.1, 0.15) is 77.8 Å². The van der Waals surface area contributed by atoms with Crippen LogP contribution in [-0.4, -0.2) is 65.8 Å². The van der Waals surface area contributed by atoms with Gasteiger partial charge >= 0.3 is 12.1 Å². The second-order valence-corrected chi connectivity index (χ2v) is 16.1. The normalized spacial score (nSPS) is 13.2. The first-order valence-electron chi connectivity index (χ1n) is 18.2. The van der Waals surface area contributed by atoms with Gasteiger partial charge in [-0.2, -0.15) is 0 Å². The molecule has 3 N–H and O–H groups in total. The minimum atomic E-state index is -0.655. The highest BCUT2D eigenvalue weighted by atomic mass is 32.2. The van der Waals surface area contributed by atoms with E-state index in [0.29, 0.717) is 57.4 Å². The van der Waals surface area contributed by atoms with E-state index in [-0.39, 0.29) is 24.8 Å². The Morgan fingerprint density at radius 3 is 2.39 bits per heavy atom. The summed E-state index contributed by atoms with van der Waals surface area (Å²) in [7, 11) is 1.55. The number of methoxy groups -OCH3 is 1. The van der Waals surface area contributed by atoms with Crippen molar-refractivity contribution in [3.63, 3.8) is 0 Å². The third kappa shape index (κ3) is 11.0. The second kappa shape index (κ2) is 18.8. The Labute approximate surface area is 335 Å². The smallest absolute Gasteiger partial charge is 0.410 e. The van der Waals surface area contributed by atoms with Crippen molar-refractivity contribution in [3.05, 3.63) is 112 Å². The van der Waals surface area contributed by atoms with Crippen LogP contribution in [0.25, 0.3) is 6.08 Å². The van der Waals surface area contributed by atoms with E-state index >= 15 is 0 Å². The molecule has 0 saturated heterocycles. The molecule has 4 aromatic rings. The number of esters is 1. The number of carbonyl (C=O) groups is 5. The number of carbonyl (C=O) groups excluding carboxylic acids is 5. The molecule has 5 rings (SSSR count). The molecule has 1 aliphatic heterocycles. The zero-order valence-corrected chi connectivity index (χ0v) is 33.9. The maximum absolute atomic E-state index is 13.8. The van der Waals surface area contributed by atoms with Gasteiger partial charge in [-0.25, -0.2) is 9.59 Å². The van der Waals surface area contributed by atoms with E-state index in [4.69, 9.17) is 14.2 Å². The molecule has 14 heteroatoms. The maximum Gasteiger partial charge on any atom is 0.410 e. The van der Waals surface area contributed by atoms with Crippen LogP contribution >= 0.6 is 23.1 Å². The van der Waals surface area contributed by atoms with Gasteiger partial charge in [0.1, 0.15) is 22.0 Å². The third-order valence-corrected chi connectivity index (χ3v) is 10.9. The van der Waals surface area contributed by atoms with Crippen molar-refractivity contribution < 1.29 is 38.2 Å². The molecule has 0 spiro atoms. The van der Waals surface area contributed by atoms with E-state index in [1.54, 1.807) is 119 Å². The summed E-state index contributed by atoms with van der Waals surface area (Å²) in [6.07, 6.45) is 1.99. The summed E-state index contributed by atoms with van der Waals surface area (Å²) in [6, 6.07) is 22.7. The van der Waals surface area contributed by atoms with Gasteiger partial charge in [0.2, 0.25) is 5.91 Å². The van der Waals surface area contributed by atoms with Crippen LogP contribution in [0.2, 0.25) is 0 Å². The van der Waals surface area contributed by atoms with E-state index in [2.05, 4.69) is 16.0 Å². The number of hydrogen-bond donors (Lipinski definition) is 3. The number of hydrogen-bond acceptors (Lipinski definition) is 10. The SMILES string of the molecule is CCOC(=O)c1c(NC(=O)C(CC)Sc2cccc(NC(=O)/C(=C/c3cccc(OC)c3)NC(=O)c3ccccc3)c2)sc2c1CCN(C(=O)OC(C)(C)C)C2. The van der Waals surface area contributed by atoms with Gasteiger partial charge in [0, 0.05) is 27.6 Å². The molecule has 2 heterocycles. The Hall–Kier alpha value is -5.60. The Bertz CT molecular complexity index is 2110. The summed E-state index contributed by atoms with van der Waals surface area (Å²) >= 11 is 2.56. The van der Waals surface area contributed by atoms with Crippen LogP contribution < -0.4 is 20.7 Å². The number of amides is 4. The lowest BCUT2D eigenvalue weighted by Crippen LogP contribution is -2.39. The standard InChI is InChI=1S/C42H46N4O8S2/c1-7-33(38(49)45-39-35(40(50)53-8-2)31-20-21-46(25-34(31)56-39)41(51)54-42(3,4)5)55-30-19-13-17-28(24-30)43-37(48)32(23-26-14-12-18-29(22-26)52-6)44-36(47)27-15-10-9-11-16-27/h9-19,22-24,33H,7-8,20-21,25H2,1-6H3,(H,43,48)(H,44,47)(H,45,49)/b32-23-. The maximum atomic E-state index is 13.8. The molecule has 1 aromatic heterocycles. The molecule has 1 aliphatic rings. The lowest BCUT2D eigenvalue weighted by atomic mass is 10.0. The number of thiophene rings is 1. The molecule has 56 heavy (non-hydrogen) atoms. The first-order valence-corrected chi connectivity index (χ1v) is 19.9. The molecule has 0 bridgehead atoms. The monoisotopic (exact) mass is 798 g/mol. The fraction of sp³-hybridized carbons (Fsp3) is 0.310. The molecule has 0 aliphatic carbocycles. The third-order valence-electron chi connectivity index (χ3n) is 8.39. The van der Waals surface area contributed by atoms with E-state index in [1.807, 2.05) is 13.0 Å². The zero-order valence-electron chi connectivity index (χ0n) is 32.2. The van der Waals surface area contributed by atoms with E-state index in [9.17, 15) is 24.0 Å². The minimum absolute atomic E-state index is 0.0150. The molecular formula is C42H46N4O8S2. The number of thioether (sulfide) groups is 1. The summed E-state index contributed by atoms with van der Waals surface area (Å²) in [5.74, 6) is -1.26. The largest absolute Gasteiger partial charge is 0.497 e. The lowest BCUT2D eigenvalue weighted by Gasteiger charge is -2.30. The number of anilines is 2. The van der Waals surface area contributed by atoms with Crippen molar-refractivity contribution in [2.45, 2.75) is 69.8 Å². The molecule has 12 nitrogen and oxygen atoms in total. The Kier molecular flexibility index (Phi) is 14.0. The van der Waals surface area contributed by atoms with Gasteiger partial charge in [0.25, 0.3) is 11.8 Å². The average molecular weight is 799 g/mol. The van der Waals surface area contributed by atoms with Gasteiger partial charge in [-0.15, -0.1) is 23.1 Å². The molecule has 1 atom stereocenters. The van der Waals surface area contributed by atoms with Crippen LogP contribution in [0, 0.1) is 0 Å². The zero-order chi connectivity index (χ0) is 40.4. The van der Waals surface area contributed by atoms with Crippen LogP contribution in [0.5, 0.6) is 5.75 Å². The Balaban J connectivity index is 1.32. The topological polar surface area (TPSA) is 152 Å². The second-order valence-electron chi connectivity index (χ2n) is 13.7. The van der Waals surface area contributed by atoms with Crippen molar-refractivity contribution in [2.75, 3.05) is 30.9 Å². The summed E-state index contributed by atoms with van der Waals surface area (Å²) < 4.78 is 16.3. The Morgan fingerprint density at radius 1 is 0.946 bits per heavy atom. The first-order chi connectivity index (χ1) is 26.8. The molecule has 1 unspecified atom stereocenters. The predicted octanol–water partition coefficient (Wildman–Crippen LogP) is 8.15. The van der Waals surface area contributed by atoms with Gasteiger partial charge in [-0.1, -0.05) is 43.3 Å². The summed E-state index contributed by atoms with van der Waals surface area (Å²) in [6.45, 7) is 9.79. The van der Waals surface area contributed by atoms with Gasteiger partial charge < -0.3 is 35.1 Å². The van der Waals surface area contributed by atoms with Crippen LogP contribution in [0.4, 0.5) is 15.5 Å². The highest BCUT2D eigenvalue weighted by Crippen LogP contribution is 2.39. The number of nitrogens with one attached hydrogen (secondary N) is 3. The average Bonchev–Trinajstić information content (AvgIpc) is 3.53. The lowest BCUT2D eigenvalue weighted by molar-refractivity contribution is -0.116. The summed E-state index contributed by atoms with van der Waals surface area (Å²) in [4.78, 5) is 69.8. The van der Waals surface area contributed by atoms with Crippen molar-refractivity contribution >= 4 is 69.6 Å². The van der Waals surface area contributed by atoms with Crippen molar-refractivity contribution in [1.82, 2.24) is 10.2 Å². The quantitative estimate of drug-likeness (QED) is 0.0692. The predicted molar refractivity (Wildman–Crippen MR) is 219 cm³/mol. The molecule has 3 aromatic carbocycles. The van der Waals surface area contributed by atoms with Gasteiger partial charge in [0.15, 0.2) is 0 Å². The number of rotatable bonds is 13. The van der Waals surface area contributed by atoms with E-state index < -0.39 is 34.7 Å². The van der Waals surface area contributed by atoms with E-state index in [0.717, 1.165) is 10.4 Å². The van der Waals surface area contributed by atoms with Crippen molar-refractivity contribution in [3.8, 4) is 5.75 Å². The molecule has 294 valence electrons. The highest BCUT2D eigenvalue weighted by Gasteiger charge is 2.33. The minimum Gasteiger partial charge on any atom is -0.497 e. The molecule has 4 amide bonds. The highest BCUT2D eigenvalue weighted by molar-refractivity contribution is 8.00. The summed E-state index contributed by atoms with van der Waals surface area (Å²) in [5.41, 5.74) is 1.91. The van der Waals surface area contributed by atoms with E-state index in [1.165, 1.54) is 23.1 Å². The molecule has 0 radical (unpaired) electrons. The number of ether oxygens (including phenoxy) is 3. The van der Waals surface area contributed by atoms with Gasteiger partial charge in [0.05, 0.1) is 31.1 Å². The Morgan fingerprint density at radius 2 is 1.70 bits per heavy atom. The fourth-order valence-corrected chi connectivity index (χ4v) is 8.03. The van der Waals surface area contributed by atoms with Crippen molar-refractivity contribution in [2.24, 2.45) is 0 Å². The first kappa shape index (κ1) is 41.6. The number of benzene rings is 3. The van der Waals surface area contributed by atoms with Crippen LogP contribution in [0.15, 0.2) is 89.5 Å². The van der Waals surface area contributed by atoms with Gasteiger partial charge in [-0.05, 0) is 100 Å². The molecule has 0 saturated carbocycles. The number of nitrogens with zero attached hydrogens (tertiary/aromatic N) is 1. The summed E-state index contributed by atoms with van der Waals surface area (Å²) in [5, 5.41) is 8.41.